The maximum atomic E-state index is 13.9. The van der Waals surface area contributed by atoms with Crippen LogP contribution in [0.5, 0.6) is 0 Å². The first-order chi connectivity index (χ1) is 11.7. The van der Waals surface area contributed by atoms with Crippen molar-refractivity contribution in [3.63, 3.8) is 0 Å². The fourth-order valence-corrected chi connectivity index (χ4v) is 3.25. The van der Waals surface area contributed by atoms with Crippen LogP contribution < -0.4 is 4.80 Å². The second kappa shape index (κ2) is 7.49. The normalized spacial score (nSPS) is 12.7. The Morgan fingerprint density at radius 3 is 2.60 bits per heavy atom. The first kappa shape index (κ1) is 19.3. The number of methoxy groups -OCH3 is 1. The summed E-state index contributed by atoms with van der Waals surface area (Å²) in [6.07, 6.45) is -4.85. The predicted octanol–water partition coefficient (Wildman–Crippen LogP) is 3.71. The quantitative estimate of drug-likeness (QED) is 0.764. The summed E-state index contributed by atoms with van der Waals surface area (Å²) < 4.78 is 59.8. The van der Waals surface area contributed by atoms with E-state index < -0.39 is 29.0 Å². The molecule has 0 unspecified atom stereocenters. The lowest BCUT2D eigenvalue weighted by Gasteiger charge is -2.11. The van der Waals surface area contributed by atoms with Gasteiger partial charge >= 0.3 is 6.18 Å². The minimum absolute atomic E-state index is 0.202. The van der Waals surface area contributed by atoms with Crippen LogP contribution in [0.25, 0.3) is 0 Å². The number of benzene rings is 1. The molecule has 2 aromatic rings. The fourth-order valence-electron chi connectivity index (χ4n) is 2.25. The zero-order valence-corrected chi connectivity index (χ0v) is 14.6. The number of amides is 1. The molecule has 0 saturated heterocycles. The summed E-state index contributed by atoms with van der Waals surface area (Å²) in [4.78, 5) is 17.1. The molecule has 0 radical (unpaired) electrons. The molecule has 25 heavy (non-hydrogen) atoms. The highest BCUT2D eigenvalue weighted by Crippen LogP contribution is 2.33. The standard InChI is InChI=1S/C16H16F4N2O2S/c1-9-10(2)25-15(22(9)7-8-24-3)21-14(23)13-11(16(18,19)20)5-4-6-12(13)17/h4-6H,7-8H2,1-3H3. The van der Waals surface area contributed by atoms with Gasteiger partial charge in [-0.2, -0.15) is 18.2 Å². The number of aryl methyl sites for hydroxylation is 1. The average molecular weight is 376 g/mol. The van der Waals surface area contributed by atoms with Crippen LogP contribution in [-0.4, -0.2) is 24.2 Å². The van der Waals surface area contributed by atoms with Crippen LogP contribution in [0.2, 0.25) is 0 Å². The lowest BCUT2D eigenvalue weighted by atomic mass is 10.1. The van der Waals surface area contributed by atoms with Crippen molar-refractivity contribution in [2.75, 3.05) is 13.7 Å². The number of carbonyl (C=O) groups is 1. The van der Waals surface area contributed by atoms with Gasteiger partial charge in [0.1, 0.15) is 5.82 Å². The van der Waals surface area contributed by atoms with E-state index in [9.17, 15) is 22.4 Å². The summed E-state index contributed by atoms with van der Waals surface area (Å²) in [6, 6.07) is 2.38. The lowest BCUT2D eigenvalue weighted by molar-refractivity contribution is -0.138. The van der Waals surface area contributed by atoms with Crippen molar-refractivity contribution in [3.8, 4) is 0 Å². The molecule has 1 heterocycles. The summed E-state index contributed by atoms with van der Waals surface area (Å²) in [6.45, 7) is 4.32. The zero-order chi connectivity index (χ0) is 18.8. The third-order valence-corrected chi connectivity index (χ3v) is 4.73. The Morgan fingerprint density at radius 1 is 1.32 bits per heavy atom. The molecular weight excluding hydrogens is 360 g/mol. The molecule has 0 aliphatic heterocycles. The molecule has 0 N–H and O–H groups in total. The van der Waals surface area contributed by atoms with E-state index in [0.29, 0.717) is 19.2 Å². The molecule has 1 aromatic heterocycles. The van der Waals surface area contributed by atoms with Crippen molar-refractivity contribution >= 4 is 17.2 Å². The van der Waals surface area contributed by atoms with Crippen molar-refractivity contribution in [2.45, 2.75) is 26.6 Å². The van der Waals surface area contributed by atoms with E-state index >= 15 is 0 Å². The van der Waals surface area contributed by atoms with Crippen molar-refractivity contribution in [2.24, 2.45) is 4.99 Å². The van der Waals surface area contributed by atoms with Crippen LogP contribution >= 0.6 is 11.3 Å². The largest absolute Gasteiger partial charge is 0.417 e. The van der Waals surface area contributed by atoms with Gasteiger partial charge in [0.2, 0.25) is 0 Å². The predicted molar refractivity (Wildman–Crippen MR) is 85.0 cm³/mol. The Labute approximate surface area is 145 Å². The summed E-state index contributed by atoms with van der Waals surface area (Å²) in [5, 5.41) is 0. The van der Waals surface area contributed by atoms with E-state index in [0.717, 1.165) is 34.0 Å². The highest BCUT2D eigenvalue weighted by atomic mass is 32.1. The third-order valence-electron chi connectivity index (χ3n) is 3.64. The smallest absolute Gasteiger partial charge is 0.383 e. The molecule has 136 valence electrons. The molecule has 4 nitrogen and oxygen atoms in total. The third kappa shape index (κ3) is 4.16. The van der Waals surface area contributed by atoms with E-state index in [-0.39, 0.29) is 4.80 Å². The maximum Gasteiger partial charge on any atom is 0.417 e. The van der Waals surface area contributed by atoms with Gasteiger partial charge < -0.3 is 9.30 Å². The van der Waals surface area contributed by atoms with E-state index in [2.05, 4.69) is 4.99 Å². The van der Waals surface area contributed by atoms with Crippen molar-refractivity contribution in [1.82, 2.24) is 4.57 Å². The Kier molecular flexibility index (Phi) is 5.79. The molecule has 1 aromatic carbocycles. The summed E-state index contributed by atoms with van der Waals surface area (Å²) in [5.41, 5.74) is -1.59. The molecule has 0 aliphatic rings. The van der Waals surface area contributed by atoms with Gasteiger partial charge in [-0.3, -0.25) is 4.79 Å². The summed E-state index contributed by atoms with van der Waals surface area (Å²) in [7, 11) is 1.51. The number of nitrogens with zero attached hydrogens (tertiary/aromatic N) is 2. The molecule has 0 bridgehead atoms. The molecule has 9 heteroatoms. The Balaban J connectivity index is 2.58. The van der Waals surface area contributed by atoms with Crippen molar-refractivity contribution < 1.29 is 27.1 Å². The monoisotopic (exact) mass is 376 g/mol. The average Bonchev–Trinajstić information content (AvgIpc) is 2.78. The lowest BCUT2D eigenvalue weighted by Crippen LogP contribution is -2.22. The van der Waals surface area contributed by atoms with Gasteiger partial charge in [0.25, 0.3) is 5.91 Å². The Morgan fingerprint density at radius 2 is 2.00 bits per heavy atom. The van der Waals surface area contributed by atoms with Crippen LogP contribution in [0.1, 0.15) is 26.5 Å². The summed E-state index contributed by atoms with van der Waals surface area (Å²) >= 11 is 1.15. The number of alkyl halides is 3. The number of hydrogen-bond donors (Lipinski definition) is 0. The second-order valence-corrected chi connectivity index (χ2v) is 6.43. The Bertz CT molecular complexity index is 853. The Hall–Kier alpha value is -2.00. The van der Waals surface area contributed by atoms with E-state index in [1.54, 1.807) is 18.4 Å². The first-order valence-electron chi connectivity index (χ1n) is 7.27. The van der Waals surface area contributed by atoms with Crippen LogP contribution in [0.4, 0.5) is 17.6 Å². The van der Waals surface area contributed by atoms with E-state index in [1.807, 2.05) is 0 Å². The molecular formula is C16H16F4N2O2S. The molecule has 2 rings (SSSR count). The van der Waals surface area contributed by atoms with Gasteiger partial charge in [-0.15, -0.1) is 11.3 Å². The zero-order valence-electron chi connectivity index (χ0n) is 13.8. The number of rotatable bonds is 4. The second-order valence-electron chi connectivity index (χ2n) is 5.25. The number of halogens is 4. The van der Waals surface area contributed by atoms with Gasteiger partial charge in [-0.05, 0) is 26.0 Å². The highest BCUT2D eigenvalue weighted by molar-refractivity contribution is 7.09. The van der Waals surface area contributed by atoms with E-state index in [1.165, 1.54) is 7.11 Å². The number of hydrogen-bond acceptors (Lipinski definition) is 3. The molecule has 0 aliphatic carbocycles. The highest BCUT2D eigenvalue weighted by Gasteiger charge is 2.36. The van der Waals surface area contributed by atoms with Crippen molar-refractivity contribution in [3.05, 3.63) is 50.5 Å². The molecule has 0 spiro atoms. The van der Waals surface area contributed by atoms with Gasteiger partial charge in [0, 0.05) is 24.2 Å². The van der Waals surface area contributed by atoms with Crippen LogP contribution in [0.15, 0.2) is 23.2 Å². The van der Waals surface area contributed by atoms with Crippen molar-refractivity contribution in [1.29, 1.82) is 0 Å². The fraction of sp³-hybridized carbons (Fsp3) is 0.375. The van der Waals surface area contributed by atoms with E-state index in [4.69, 9.17) is 4.74 Å². The molecule has 1 amide bonds. The van der Waals surface area contributed by atoms with Gasteiger partial charge in [-0.25, -0.2) is 4.39 Å². The van der Waals surface area contributed by atoms with Crippen LogP contribution in [-0.2, 0) is 17.5 Å². The number of ether oxygens (including phenoxy) is 1. The molecule has 0 atom stereocenters. The summed E-state index contributed by atoms with van der Waals surface area (Å²) in [5.74, 6) is -2.52. The van der Waals surface area contributed by atoms with Crippen LogP contribution in [0, 0.1) is 19.7 Å². The topological polar surface area (TPSA) is 43.6 Å². The van der Waals surface area contributed by atoms with Gasteiger partial charge in [0.15, 0.2) is 4.80 Å². The minimum atomic E-state index is -4.85. The first-order valence-corrected chi connectivity index (χ1v) is 8.09. The number of aromatic nitrogens is 1. The van der Waals surface area contributed by atoms with Crippen LogP contribution in [0.3, 0.4) is 0 Å². The SMILES string of the molecule is COCCn1c(C)c(C)sc1=NC(=O)c1c(F)cccc1C(F)(F)F. The van der Waals surface area contributed by atoms with Gasteiger partial charge in [0.05, 0.1) is 17.7 Å². The molecule has 0 fully saturated rings. The maximum absolute atomic E-state index is 13.9. The molecule has 0 saturated carbocycles. The van der Waals surface area contributed by atoms with Gasteiger partial charge in [-0.1, -0.05) is 6.07 Å². The number of thiazole rings is 1. The minimum Gasteiger partial charge on any atom is -0.383 e. The number of carbonyl (C=O) groups excluding carboxylic acids is 1.